The van der Waals surface area contributed by atoms with Gasteiger partial charge in [-0.15, -0.1) is 0 Å². The van der Waals surface area contributed by atoms with Crippen LogP contribution in [-0.2, 0) is 11.3 Å². The van der Waals surface area contributed by atoms with Crippen molar-refractivity contribution in [3.63, 3.8) is 0 Å². The van der Waals surface area contributed by atoms with Gasteiger partial charge in [0.1, 0.15) is 5.65 Å². The molecule has 0 spiro atoms. The van der Waals surface area contributed by atoms with Gasteiger partial charge in [0.2, 0.25) is 0 Å². The molecule has 2 aromatic heterocycles. The third kappa shape index (κ3) is 3.81. The molecule has 1 saturated heterocycles. The number of fused-ring (bicyclic) bond motifs is 1. The van der Waals surface area contributed by atoms with Crippen LogP contribution >= 0.6 is 0 Å². The van der Waals surface area contributed by atoms with E-state index >= 15 is 0 Å². The molecule has 1 atom stereocenters. The van der Waals surface area contributed by atoms with E-state index in [0.717, 1.165) is 44.1 Å². The summed E-state index contributed by atoms with van der Waals surface area (Å²) in [6.45, 7) is 4.81. The monoisotopic (exact) mass is 288 g/mol. The van der Waals surface area contributed by atoms with Gasteiger partial charge in [-0.05, 0) is 31.5 Å². The maximum absolute atomic E-state index is 5.25. The quantitative estimate of drug-likeness (QED) is 0.839. The minimum atomic E-state index is 0.610. The normalized spacial score (nSPS) is 18.9. The molecule has 0 saturated carbocycles. The highest BCUT2D eigenvalue weighted by atomic mass is 16.5. The summed E-state index contributed by atoms with van der Waals surface area (Å²) in [4.78, 5) is 7.13. The Balaban J connectivity index is 1.66. The molecule has 3 heterocycles. The molecule has 0 amide bonds. The SMILES string of the molecule is COCCN(Cc1cn2ccccc2n1)CC1CCCN1. The molecule has 1 aliphatic rings. The first-order chi connectivity index (χ1) is 10.3. The average molecular weight is 288 g/mol. The maximum atomic E-state index is 5.25. The summed E-state index contributed by atoms with van der Waals surface area (Å²) in [5.74, 6) is 0. The number of nitrogens with zero attached hydrogens (tertiary/aromatic N) is 3. The third-order valence-electron chi connectivity index (χ3n) is 4.05. The molecule has 1 N–H and O–H groups in total. The van der Waals surface area contributed by atoms with Crippen LogP contribution in [0.5, 0.6) is 0 Å². The smallest absolute Gasteiger partial charge is 0.137 e. The van der Waals surface area contributed by atoms with Gasteiger partial charge in [0, 0.05) is 45.2 Å². The van der Waals surface area contributed by atoms with E-state index in [-0.39, 0.29) is 0 Å². The van der Waals surface area contributed by atoms with Crippen LogP contribution in [0.2, 0.25) is 0 Å². The summed E-state index contributed by atoms with van der Waals surface area (Å²) in [7, 11) is 1.76. The van der Waals surface area contributed by atoms with E-state index in [1.165, 1.54) is 12.8 Å². The number of hydrogen-bond acceptors (Lipinski definition) is 4. The molecule has 0 bridgehead atoms. The van der Waals surface area contributed by atoms with Gasteiger partial charge in [-0.1, -0.05) is 6.07 Å². The minimum Gasteiger partial charge on any atom is -0.383 e. The van der Waals surface area contributed by atoms with Crippen molar-refractivity contribution in [2.24, 2.45) is 0 Å². The first-order valence-electron chi connectivity index (χ1n) is 7.72. The van der Waals surface area contributed by atoms with Crippen LogP contribution in [-0.4, -0.2) is 53.7 Å². The zero-order valence-electron chi connectivity index (χ0n) is 12.7. The Kier molecular flexibility index (Phi) is 4.85. The molecule has 1 fully saturated rings. The van der Waals surface area contributed by atoms with E-state index in [9.17, 15) is 0 Å². The van der Waals surface area contributed by atoms with Crippen LogP contribution in [0.3, 0.4) is 0 Å². The third-order valence-corrected chi connectivity index (χ3v) is 4.05. The zero-order valence-corrected chi connectivity index (χ0v) is 12.7. The lowest BCUT2D eigenvalue weighted by molar-refractivity contribution is 0.137. The minimum absolute atomic E-state index is 0.610. The summed E-state index contributed by atoms with van der Waals surface area (Å²) in [6.07, 6.45) is 6.73. The van der Waals surface area contributed by atoms with Crippen LogP contribution in [0.4, 0.5) is 0 Å². The van der Waals surface area contributed by atoms with Gasteiger partial charge < -0.3 is 14.5 Å². The number of pyridine rings is 1. The molecule has 114 valence electrons. The molecule has 0 aliphatic carbocycles. The van der Waals surface area contributed by atoms with E-state index < -0.39 is 0 Å². The van der Waals surface area contributed by atoms with Crippen LogP contribution in [0.25, 0.3) is 5.65 Å². The second-order valence-corrected chi connectivity index (χ2v) is 5.72. The Hall–Kier alpha value is -1.43. The van der Waals surface area contributed by atoms with Crippen molar-refractivity contribution < 1.29 is 4.74 Å². The van der Waals surface area contributed by atoms with E-state index in [2.05, 4.69) is 20.8 Å². The zero-order chi connectivity index (χ0) is 14.5. The van der Waals surface area contributed by atoms with Crippen molar-refractivity contribution >= 4 is 5.65 Å². The summed E-state index contributed by atoms with van der Waals surface area (Å²) >= 11 is 0. The topological polar surface area (TPSA) is 41.8 Å². The van der Waals surface area contributed by atoms with Crippen LogP contribution in [0.1, 0.15) is 18.5 Å². The second kappa shape index (κ2) is 7.02. The van der Waals surface area contributed by atoms with Crippen molar-refractivity contribution in [3.8, 4) is 0 Å². The number of methoxy groups -OCH3 is 1. The summed E-state index contributed by atoms with van der Waals surface area (Å²) in [5.41, 5.74) is 2.13. The van der Waals surface area contributed by atoms with Crippen LogP contribution in [0, 0.1) is 0 Å². The predicted molar refractivity (Wildman–Crippen MR) is 83.4 cm³/mol. The van der Waals surface area contributed by atoms with E-state index in [0.29, 0.717) is 6.04 Å². The molecule has 0 aromatic carbocycles. The van der Waals surface area contributed by atoms with Gasteiger partial charge in [0.25, 0.3) is 0 Å². The number of imidazole rings is 1. The highest BCUT2D eigenvalue weighted by molar-refractivity contribution is 5.39. The lowest BCUT2D eigenvalue weighted by Gasteiger charge is -2.24. The Morgan fingerprint density at radius 1 is 1.48 bits per heavy atom. The van der Waals surface area contributed by atoms with E-state index in [1.54, 1.807) is 7.11 Å². The molecule has 1 aliphatic heterocycles. The van der Waals surface area contributed by atoms with Gasteiger partial charge >= 0.3 is 0 Å². The number of ether oxygens (including phenoxy) is 1. The summed E-state index contributed by atoms with van der Waals surface area (Å²) in [6, 6.07) is 6.71. The number of nitrogens with one attached hydrogen (secondary N) is 1. The Morgan fingerprint density at radius 3 is 3.19 bits per heavy atom. The molecular weight excluding hydrogens is 264 g/mol. The number of aromatic nitrogens is 2. The fraction of sp³-hybridized carbons (Fsp3) is 0.562. The van der Waals surface area contributed by atoms with Crippen molar-refractivity contribution in [3.05, 3.63) is 36.3 Å². The first-order valence-corrected chi connectivity index (χ1v) is 7.72. The number of hydrogen-bond donors (Lipinski definition) is 1. The van der Waals surface area contributed by atoms with E-state index in [4.69, 9.17) is 9.72 Å². The average Bonchev–Trinajstić information content (AvgIpc) is 3.13. The van der Waals surface area contributed by atoms with Gasteiger partial charge in [0.05, 0.1) is 12.3 Å². The predicted octanol–water partition coefficient (Wildman–Crippen LogP) is 1.53. The number of rotatable bonds is 7. The van der Waals surface area contributed by atoms with Gasteiger partial charge in [-0.25, -0.2) is 4.98 Å². The molecule has 2 aromatic rings. The maximum Gasteiger partial charge on any atom is 0.137 e. The Morgan fingerprint density at radius 2 is 2.43 bits per heavy atom. The van der Waals surface area contributed by atoms with Gasteiger partial charge in [0.15, 0.2) is 0 Å². The molecule has 21 heavy (non-hydrogen) atoms. The standard InChI is InChI=1S/C16H24N4O/c1-21-10-9-19(11-14-5-4-7-17-14)12-15-13-20-8-3-2-6-16(20)18-15/h2-3,6,8,13-14,17H,4-5,7,9-12H2,1H3. The largest absolute Gasteiger partial charge is 0.383 e. The molecule has 0 radical (unpaired) electrons. The highest BCUT2D eigenvalue weighted by Crippen LogP contribution is 2.11. The van der Waals surface area contributed by atoms with Crippen molar-refractivity contribution in [2.75, 3.05) is 33.4 Å². The van der Waals surface area contributed by atoms with Crippen LogP contribution in [0.15, 0.2) is 30.6 Å². The summed E-state index contributed by atoms with van der Waals surface area (Å²) in [5, 5.41) is 3.57. The Bertz CT molecular complexity index is 529. The van der Waals surface area contributed by atoms with E-state index in [1.807, 2.05) is 24.4 Å². The lowest BCUT2D eigenvalue weighted by Crippen LogP contribution is -2.38. The van der Waals surface area contributed by atoms with Gasteiger partial charge in [-0.3, -0.25) is 4.90 Å². The van der Waals surface area contributed by atoms with Crippen LogP contribution < -0.4 is 5.32 Å². The molecule has 1 unspecified atom stereocenters. The van der Waals surface area contributed by atoms with Crippen molar-refractivity contribution in [2.45, 2.75) is 25.4 Å². The fourth-order valence-corrected chi connectivity index (χ4v) is 2.97. The molecule has 5 nitrogen and oxygen atoms in total. The first kappa shape index (κ1) is 14.5. The second-order valence-electron chi connectivity index (χ2n) is 5.72. The Labute approximate surface area is 125 Å². The highest BCUT2D eigenvalue weighted by Gasteiger charge is 2.18. The summed E-state index contributed by atoms with van der Waals surface area (Å²) < 4.78 is 7.33. The van der Waals surface area contributed by atoms with Crippen molar-refractivity contribution in [1.82, 2.24) is 19.6 Å². The molecular formula is C16H24N4O. The molecule has 3 rings (SSSR count). The molecule has 5 heteroatoms. The van der Waals surface area contributed by atoms with Gasteiger partial charge in [-0.2, -0.15) is 0 Å². The fourth-order valence-electron chi connectivity index (χ4n) is 2.97. The van der Waals surface area contributed by atoms with Crippen molar-refractivity contribution in [1.29, 1.82) is 0 Å². The lowest BCUT2D eigenvalue weighted by atomic mass is 10.2.